The SMILES string of the molecule is CCCCCCCCCC[N+](C)(OCCO)OCCO. The average Bonchev–Trinajstić information content (AvgIpc) is 2.46. The van der Waals surface area contributed by atoms with E-state index in [1.54, 1.807) is 0 Å². The van der Waals surface area contributed by atoms with Crippen LogP contribution in [0.3, 0.4) is 0 Å². The van der Waals surface area contributed by atoms with Gasteiger partial charge in [-0.05, 0) is 11.2 Å². The van der Waals surface area contributed by atoms with Crippen LogP contribution in [0.4, 0.5) is 0 Å². The smallest absolute Gasteiger partial charge is 0.142 e. The van der Waals surface area contributed by atoms with Crippen molar-refractivity contribution in [3.63, 3.8) is 0 Å². The fourth-order valence-electron chi connectivity index (χ4n) is 2.17. The summed E-state index contributed by atoms with van der Waals surface area (Å²) < 4.78 is 0. The minimum atomic E-state index is -0.0201. The molecule has 0 aromatic carbocycles. The predicted octanol–water partition coefficient (Wildman–Crippen LogP) is 2.42. The van der Waals surface area contributed by atoms with Crippen LogP contribution in [0, 0.1) is 0 Å². The number of aliphatic hydroxyl groups is 2. The lowest BCUT2D eigenvalue weighted by molar-refractivity contribution is -1.23. The van der Waals surface area contributed by atoms with E-state index in [-0.39, 0.29) is 31.2 Å². The topological polar surface area (TPSA) is 58.9 Å². The van der Waals surface area contributed by atoms with E-state index in [0.717, 1.165) is 13.0 Å². The number of aliphatic hydroxyl groups excluding tert-OH is 2. The second-order valence-electron chi connectivity index (χ2n) is 5.33. The van der Waals surface area contributed by atoms with E-state index in [4.69, 9.17) is 19.9 Å². The first-order chi connectivity index (χ1) is 9.68. The Morgan fingerprint density at radius 1 is 0.750 bits per heavy atom. The van der Waals surface area contributed by atoms with Gasteiger partial charge in [-0.1, -0.05) is 45.4 Å². The molecule has 0 spiro atoms. The van der Waals surface area contributed by atoms with Gasteiger partial charge in [-0.2, -0.15) is 9.68 Å². The standard InChI is InChI=1S/C15H34NO4/c1-3-4-5-6-7-8-9-10-11-16(2,19-14-12-17)20-15-13-18/h17-18H,3-15H2,1-2H3/q+1. The van der Waals surface area contributed by atoms with Gasteiger partial charge in [-0.3, -0.25) is 0 Å². The minimum Gasteiger partial charge on any atom is -0.394 e. The van der Waals surface area contributed by atoms with Crippen molar-refractivity contribution >= 4 is 0 Å². The van der Waals surface area contributed by atoms with Crippen LogP contribution in [0.5, 0.6) is 0 Å². The Balaban J connectivity index is 3.67. The monoisotopic (exact) mass is 292 g/mol. The van der Waals surface area contributed by atoms with E-state index in [0.29, 0.717) is 0 Å². The molecule has 0 radical (unpaired) electrons. The molecule has 0 atom stereocenters. The molecule has 0 aliphatic heterocycles. The molecule has 2 N–H and O–H groups in total. The summed E-state index contributed by atoms with van der Waals surface area (Å²) in [7, 11) is 1.83. The third-order valence-corrected chi connectivity index (χ3v) is 3.33. The largest absolute Gasteiger partial charge is 0.394 e. The maximum Gasteiger partial charge on any atom is 0.142 e. The Morgan fingerprint density at radius 2 is 1.20 bits per heavy atom. The van der Waals surface area contributed by atoms with Crippen molar-refractivity contribution in [1.29, 1.82) is 0 Å². The number of hydrogen-bond donors (Lipinski definition) is 2. The molecular weight excluding hydrogens is 258 g/mol. The first-order valence-corrected chi connectivity index (χ1v) is 8.05. The van der Waals surface area contributed by atoms with E-state index in [1.807, 2.05) is 7.05 Å². The van der Waals surface area contributed by atoms with Crippen LogP contribution >= 0.6 is 0 Å². The quantitative estimate of drug-likeness (QED) is 0.276. The fraction of sp³-hybridized carbons (Fsp3) is 1.00. The number of unbranched alkanes of at least 4 members (excludes halogenated alkanes) is 7. The van der Waals surface area contributed by atoms with Crippen LogP contribution in [0.2, 0.25) is 0 Å². The van der Waals surface area contributed by atoms with Gasteiger partial charge in [-0.15, -0.1) is 0 Å². The molecule has 0 amide bonds. The minimum absolute atomic E-state index is 0.0109. The Bertz CT molecular complexity index is 194. The summed E-state index contributed by atoms with van der Waals surface area (Å²) in [5.41, 5.74) is 0. The molecule has 0 aromatic rings. The molecule has 20 heavy (non-hydrogen) atoms. The maximum absolute atomic E-state index is 8.83. The molecule has 0 saturated carbocycles. The van der Waals surface area contributed by atoms with Gasteiger partial charge in [0.2, 0.25) is 0 Å². The summed E-state index contributed by atoms with van der Waals surface area (Å²) in [6, 6.07) is 0. The van der Waals surface area contributed by atoms with Crippen molar-refractivity contribution in [2.75, 3.05) is 40.0 Å². The first-order valence-electron chi connectivity index (χ1n) is 8.05. The lowest BCUT2D eigenvalue weighted by Crippen LogP contribution is -2.46. The Morgan fingerprint density at radius 3 is 1.65 bits per heavy atom. The van der Waals surface area contributed by atoms with E-state index in [9.17, 15) is 0 Å². The summed E-state index contributed by atoms with van der Waals surface area (Å²) in [4.78, 5) is 11.0. The average molecular weight is 292 g/mol. The number of hydroxylamine groups is 4. The summed E-state index contributed by atoms with van der Waals surface area (Å²) in [6.07, 6.45) is 10.1. The Labute approximate surface area is 124 Å². The van der Waals surface area contributed by atoms with Crippen LogP contribution in [0.25, 0.3) is 0 Å². The van der Waals surface area contributed by atoms with E-state index in [2.05, 4.69) is 6.92 Å². The van der Waals surface area contributed by atoms with Crippen molar-refractivity contribution < 1.29 is 24.7 Å². The second-order valence-corrected chi connectivity index (χ2v) is 5.33. The molecule has 0 unspecified atom stereocenters. The van der Waals surface area contributed by atoms with Gasteiger partial charge in [0.15, 0.2) is 0 Å². The number of rotatable bonds is 15. The third kappa shape index (κ3) is 11.6. The fourth-order valence-corrected chi connectivity index (χ4v) is 2.17. The van der Waals surface area contributed by atoms with Gasteiger partial charge in [0.05, 0.1) is 13.2 Å². The van der Waals surface area contributed by atoms with Gasteiger partial charge in [0, 0.05) is 6.42 Å². The van der Waals surface area contributed by atoms with E-state index < -0.39 is 0 Å². The lowest BCUT2D eigenvalue weighted by atomic mass is 10.1. The summed E-state index contributed by atoms with van der Waals surface area (Å²) in [5.74, 6) is 0. The molecule has 0 aromatic heterocycles. The van der Waals surface area contributed by atoms with Crippen LogP contribution in [0.15, 0.2) is 0 Å². The van der Waals surface area contributed by atoms with Gasteiger partial charge in [0.25, 0.3) is 0 Å². The van der Waals surface area contributed by atoms with Crippen LogP contribution < -0.4 is 0 Å². The maximum atomic E-state index is 8.83. The third-order valence-electron chi connectivity index (χ3n) is 3.33. The Kier molecular flexibility index (Phi) is 13.6. The number of nitrogens with zero attached hydrogens (tertiary/aromatic N) is 1. The highest BCUT2D eigenvalue weighted by molar-refractivity contribution is 4.45. The molecule has 0 bridgehead atoms. The number of hydrogen-bond acceptors (Lipinski definition) is 4. The zero-order valence-corrected chi connectivity index (χ0v) is 13.4. The molecule has 122 valence electrons. The highest BCUT2D eigenvalue weighted by atomic mass is 17.0. The molecule has 0 fully saturated rings. The van der Waals surface area contributed by atoms with Crippen LogP contribution in [-0.2, 0) is 9.68 Å². The number of quaternary nitrogens is 1. The van der Waals surface area contributed by atoms with E-state index in [1.165, 1.54) is 44.9 Å². The van der Waals surface area contributed by atoms with Crippen molar-refractivity contribution in [2.24, 2.45) is 0 Å². The Hall–Kier alpha value is -0.200. The van der Waals surface area contributed by atoms with Crippen LogP contribution in [-0.4, -0.2) is 55.0 Å². The normalized spacial score (nSPS) is 12.0. The summed E-state index contributed by atoms with van der Waals surface area (Å²) >= 11 is 0. The molecule has 0 rings (SSSR count). The zero-order valence-electron chi connectivity index (χ0n) is 13.4. The second kappa shape index (κ2) is 13.8. The first kappa shape index (κ1) is 19.8. The molecule has 0 aliphatic rings. The highest BCUT2D eigenvalue weighted by Gasteiger charge is 2.25. The van der Waals surface area contributed by atoms with E-state index >= 15 is 0 Å². The van der Waals surface area contributed by atoms with Crippen molar-refractivity contribution in [2.45, 2.75) is 58.3 Å². The zero-order chi connectivity index (χ0) is 15.1. The molecule has 0 heterocycles. The summed E-state index contributed by atoms with van der Waals surface area (Å²) in [6.45, 7) is 3.44. The van der Waals surface area contributed by atoms with Crippen molar-refractivity contribution in [1.82, 2.24) is 0 Å². The predicted molar refractivity (Wildman–Crippen MR) is 79.7 cm³/mol. The molecular formula is C15H34NO4+. The molecule has 5 heteroatoms. The summed E-state index contributed by atoms with van der Waals surface area (Å²) in [5, 5.41) is 17.7. The molecule has 0 saturated heterocycles. The molecule has 0 aliphatic carbocycles. The van der Waals surface area contributed by atoms with Gasteiger partial charge in [-0.25, -0.2) is 0 Å². The van der Waals surface area contributed by atoms with Gasteiger partial charge < -0.3 is 10.2 Å². The van der Waals surface area contributed by atoms with Gasteiger partial charge in [0.1, 0.15) is 26.8 Å². The molecule has 5 nitrogen and oxygen atoms in total. The highest BCUT2D eigenvalue weighted by Crippen LogP contribution is 2.12. The van der Waals surface area contributed by atoms with Crippen molar-refractivity contribution in [3.8, 4) is 0 Å². The van der Waals surface area contributed by atoms with Crippen molar-refractivity contribution in [3.05, 3.63) is 0 Å². The van der Waals surface area contributed by atoms with Gasteiger partial charge >= 0.3 is 0 Å². The lowest BCUT2D eigenvalue weighted by Gasteiger charge is -2.28. The van der Waals surface area contributed by atoms with Crippen LogP contribution in [0.1, 0.15) is 58.3 Å².